The molecule has 2 amide bonds. The Morgan fingerprint density at radius 2 is 1.89 bits per heavy atom. The summed E-state index contributed by atoms with van der Waals surface area (Å²) in [7, 11) is 1.63. The predicted octanol–water partition coefficient (Wildman–Crippen LogP) is 3.05. The predicted molar refractivity (Wildman–Crippen MR) is 105 cm³/mol. The van der Waals surface area contributed by atoms with Gasteiger partial charge < -0.3 is 15.0 Å². The van der Waals surface area contributed by atoms with Crippen molar-refractivity contribution in [2.75, 3.05) is 26.7 Å². The van der Waals surface area contributed by atoms with E-state index in [0.29, 0.717) is 32.5 Å². The molecule has 2 aromatic carbocycles. The lowest BCUT2D eigenvalue weighted by Crippen LogP contribution is -2.43. The Hall–Kier alpha value is -2.89. The van der Waals surface area contributed by atoms with E-state index in [1.54, 1.807) is 24.1 Å². The first-order valence-corrected chi connectivity index (χ1v) is 9.53. The number of nitrogens with zero attached hydrogens (tertiary/aromatic N) is 1. The van der Waals surface area contributed by atoms with Crippen LogP contribution in [0.1, 0.15) is 28.8 Å². The van der Waals surface area contributed by atoms with Crippen LogP contribution in [0.5, 0.6) is 5.75 Å². The van der Waals surface area contributed by atoms with Gasteiger partial charge in [-0.25, -0.2) is 4.39 Å². The second-order valence-electron chi connectivity index (χ2n) is 6.94. The fourth-order valence-corrected chi connectivity index (χ4v) is 3.45. The number of carbonyl (C=O) groups excluding carboxylic acids is 2. The minimum atomic E-state index is -0.509. The third-order valence-electron chi connectivity index (χ3n) is 5.10. The van der Waals surface area contributed by atoms with Crippen molar-refractivity contribution in [3.63, 3.8) is 0 Å². The lowest BCUT2D eigenvalue weighted by molar-refractivity contribution is -0.126. The van der Waals surface area contributed by atoms with Gasteiger partial charge in [0, 0.05) is 25.6 Å². The maximum atomic E-state index is 13.8. The van der Waals surface area contributed by atoms with Gasteiger partial charge >= 0.3 is 0 Å². The first-order chi connectivity index (χ1) is 13.6. The van der Waals surface area contributed by atoms with Gasteiger partial charge in [-0.2, -0.15) is 0 Å². The molecule has 1 fully saturated rings. The molecule has 0 atom stereocenters. The topological polar surface area (TPSA) is 58.6 Å². The van der Waals surface area contributed by atoms with Crippen LogP contribution in [0.15, 0.2) is 48.5 Å². The van der Waals surface area contributed by atoms with Crippen molar-refractivity contribution in [2.45, 2.75) is 19.3 Å². The molecule has 0 bridgehead atoms. The molecule has 0 aromatic heterocycles. The average molecular weight is 384 g/mol. The molecule has 1 aliphatic rings. The van der Waals surface area contributed by atoms with Crippen molar-refractivity contribution < 1.29 is 18.7 Å². The molecule has 1 N–H and O–H groups in total. The molecule has 0 radical (unpaired) electrons. The van der Waals surface area contributed by atoms with Crippen LogP contribution in [0, 0.1) is 11.7 Å². The number of ether oxygens (including phenoxy) is 1. The number of hydrogen-bond donors (Lipinski definition) is 1. The molecule has 148 valence electrons. The zero-order valence-electron chi connectivity index (χ0n) is 16.0. The number of likely N-dealkylation sites (tertiary alicyclic amines) is 1. The molecule has 2 aromatic rings. The van der Waals surface area contributed by atoms with E-state index in [0.717, 1.165) is 17.7 Å². The average Bonchev–Trinajstić information content (AvgIpc) is 2.74. The van der Waals surface area contributed by atoms with Crippen molar-refractivity contribution in [3.8, 4) is 5.75 Å². The van der Waals surface area contributed by atoms with E-state index in [-0.39, 0.29) is 23.3 Å². The van der Waals surface area contributed by atoms with Crippen LogP contribution in [0.3, 0.4) is 0 Å². The first kappa shape index (κ1) is 19.9. The number of amides is 2. The number of carbonyl (C=O) groups is 2. The second-order valence-corrected chi connectivity index (χ2v) is 6.94. The van der Waals surface area contributed by atoms with Crippen LogP contribution in [0.4, 0.5) is 4.39 Å². The van der Waals surface area contributed by atoms with E-state index < -0.39 is 5.82 Å². The molecule has 6 heteroatoms. The van der Waals surface area contributed by atoms with E-state index in [2.05, 4.69) is 5.32 Å². The standard InChI is InChI=1S/C22H25FN2O3/c1-28-18-6-4-5-16(15-18)9-12-24-21(26)17-10-13-25(14-11-17)22(27)19-7-2-3-8-20(19)23/h2-8,15,17H,9-14H2,1H3,(H,24,26). The summed E-state index contributed by atoms with van der Waals surface area (Å²) in [5, 5.41) is 2.98. The summed E-state index contributed by atoms with van der Waals surface area (Å²) in [6.45, 7) is 1.47. The Balaban J connectivity index is 1.44. The van der Waals surface area contributed by atoms with Gasteiger partial charge in [0.2, 0.25) is 5.91 Å². The minimum absolute atomic E-state index is 0.0147. The maximum Gasteiger partial charge on any atom is 0.256 e. The van der Waals surface area contributed by atoms with Crippen LogP contribution < -0.4 is 10.1 Å². The van der Waals surface area contributed by atoms with Crippen molar-refractivity contribution >= 4 is 11.8 Å². The van der Waals surface area contributed by atoms with Gasteiger partial charge in [-0.05, 0) is 49.1 Å². The molecular formula is C22H25FN2O3. The van der Waals surface area contributed by atoms with Crippen LogP contribution in [-0.2, 0) is 11.2 Å². The summed E-state index contributed by atoms with van der Waals surface area (Å²) in [4.78, 5) is 26.5. The highest BCUT2D eigenvalue weighted by Gasteiger charge is 2.28. The Morgan fingerprint density at radius 1 is 1.14 bits per heavy atom. The Morgan fingerprint density at radius 3 is 2.61 bits per heavy atom. The van der Waals surface area contributed by atoms with Crippen molar-refractivity contribution in [3.05, 3.63) is 65.5 Å². The first-order valence-electron chi connectivity index (χ1n) is 9.53. The van der Waals surface area contributed by atoms with Gasteiger partial charge in [0.15, 0.2) is 0 Å². The maximum absolute atomic E-state index is 13.8. The summed E-state index contributed by atoms with van der Waals surface area (Å²) >= 11 is 0. The lowest BCUT2D eigenvalue weighted by atomic mass is 9.95. The number of piperidine rings is 1. The summed E-state index contributed by atoms with van der Waals surface area (Å²) in [5.74, 6) is -0.119. The van der Waals surface area contributed by atoms with Gasteiger partial charge in [-0.15, -0.1) is 0 Å². The zero-order chi connectivity index (χ0) is 19.9. The molecule has 1 aliphatic heterocycles. The second kappa shape index (κ2) is 9.35. The van der Waals surface area contributed by atoms with Crippen molar-refractivity contribution in [1.82, 2.24) is 10.2 Å². The van der Waals surface area contributed by atoms with Gasteiger partial charge in [-0.3, -0.25) is 9.59 Å². The monoisotopic (exact) mass is 384 g/mol. The molecule has 0 aliphatic carbocycles. The van der Waals surface area contributed by atoms with E-state index in [4.69, 9.17) is 4.74 Å². The van der Waals surface area contributed by atoms with E-state index >= 15 is 0 Å². The Bertz CT molecular complexity index is 832. The number of hydrogen-bond acceptors (Lipinski definition) is 3. The molecule has 3 rings (SSSR count). The SMILES string of the molecule is COc1cccc(CCNC(=O)C2CCN(C(=O)c3ccccc3F)CC2)c1. The van der Waals surface area contributed by atoms with Gasteiger partial charge in [-0.1, -0.05) is 24.3 Å². The molecule has 1 heterocycles. The Labute approximate surface area is 164 Å². The number of benzene rings is 2. The number of methoxy groups -OCH3 is 1. The fourth-order valence-electron chi connectivity index (χ4n) is 3.45. The van der Waals surface area contributed by atoms with Gasteiger partial charge in [0.05, 0.1) is 12.7 Å². The third-order valence-corrected chi connectivity index (χ3v) is 5.10. The molecule has 1 saturated heterocycles. The van der Waals surface area contributed by atoms with Gasteiger partial charge in [0.25, 0.3) is 5.91 Å². The molecule has 28 heavy (non-hydrogen) atoms. The largest absolute Gasteiger partial charge is 0.497 e. The highest BCUT2D eigenvalue weighted by Crippen LogP contribution is 2.20. The van der Waals surface area contributed by atoms with Crippen molar-refractivity contribution in [2.24, 2.45) is 5.92 Å². The normalized spacial score (nSPS) is 14.6. The highest BCUT2D eigenvalue weighted by atomic mass is 19.1. The summed E-state index contributed by atoms with van der Waals surface area (Å²) < 4.78 is 19.0. The summed E-state index contributed by atoms with van der Waals surface area (Å²) in [6.07, 6.45) is 1.91. The van der Waals surface area contributed by atoms with Crippen LogP contribution in [0.25, 0.3) is 0 Å². The molecule has 0 unspecified atom stereocenters. The quantitative estimate of drug-likeness (QED) is 0.833. The van der Waals surface area contributed by atoms with Gasteiger partial charge in [0.1, 0.15) is 11.6 Å². The van der Waals surface area contributed by atoms with E-state index in [1.807, 2.05) is 24.3 Å². The fraction of sp³-hybridized carbons (Fsp3) is 0.364. The Kier molecular flexibility index (Phi) is 6.63. The van der Waals surface area contributed by atoms with Crippen LogP contribution in [-0.4, -0.2) is 43.5 Å². The molecule has 5 nitrogen and oxygen atoms in total. The lowest BCUT2D eigenvalue weighted by Gasteiger charge is -2.31. The summed E-state index contributed by atoms with van der Waals surface area (Å²) in [5.41, 5.74) is 1.19. The zero-order valence-corrected chi connectivity index (χ0v) is 16.0. The highest BCUT2D eigenvalue weighted by molar-refractivity contribution is 5.94. The number of halogens is 1. The van der Waals surface area contributed by atoms with Crippen molar-refractivity contribution in [1.29, 1.82) is 0 Å². The molecule has 0 spiro atoms. The molecule has 0 saturated carbocycles. The number of rotatable bonds is 6. The third kappa shape index (κ3) is 4.88. The molecular weight excluding hydrogens is 359 g/mol. The minimum Gasteiger partial charge on any atom is -0.497 e. The van der Waals surface area contributed by atoms with Crippen LogP contribution >= 0.6 is 0 Å². The van der Waals surface area contributed by atoms with Crippen LogP contribution in [0.2, 0.25) is 0 Å². The van der Waals surface area contributed by atoms with E-state index in [9.17, 15) is 14.0 Å². The summed E-state index contributed by atoms with van der Waals surface area (Å²) in [6, 6.07) is 13.8. The number of nitrogens with one attached hydrogen (secondary N) is 1. The van der Waals surface area contributed by atoms with E-state index in [1.165, 1.54) is 12.1 Å². The smallest absolute Gasteiger partial charge is 0.256 e.